The van der Waals surface area contributed by atoms with Gasteiger partial charge in [0.05, 0.1) is 0 Å². The van der Waals surface area contributed by atoms with E-state index in [1.54, 1.807) is 23.1 Å². The molecule has 0 saturated carbocycles. The van der Waals surface area contributed by atoms with Crippen molar-refractivity contribution in [2.45, 2.75) is 23.4 Å². The van der Waals surface area contributed by atoms with E-state index in [-0.39, 0.29) is 0 Å². The minimum absolute atomic E-state index is 0.343. The van der Waals surface area contributed by atoms with Crippen LogP contribution in [-0.4, -0.2) is 10.2 Å². The van der Waals surface area contributed by atoms with Crippen molar-refractivity contribution >= 4 is 28.8 Å². The number of nitrogens with two attached hydrogens (primary N) is 1. The van der Waals surface area contributed by atoms with Gasteiger partial charge in [-0.3, -0.25) is 0 Å². The summed E-state index contributed by atoms with van der Waals surface area (Å²) in [6.45, 7) is 4.11. The fraction of sp³-hybridized carbons (Fsp3) is 0.273. The maximum atomic E-state index is 5.76. The van der Waals surface area contributed by atoms with Crippen molar-refractivity contribution < 1.29 is 0 Å². The average Bonchev–Trinajstić information content (AvgIpc) is 2.64. The Labute approximate surface area is 103 Å². The van der Waals surface area contributed by atoms with Crippen molar-refractivity contribution in [3.8, 4) is 0 Å². The number of hydrogen-bond acceptors (Lipinski definition) is 5. The number of anilines is 1. The van der Waals surface area contributed by atoms with Gasteiger partial charge in [0, 0.05) is 10.9 Å². The summed E-state index contributed by atoms with van der Waals surface area (Å²) in [5.74, 6) is 0. The van der Waals surface area contributed by atoms with E-state index in [0.717, 1.165) is 15.0 Å². The van der Waals surface area contributed by atoms with Gasteiger partial charge in [0.2, 0.25) is 0 Å². The predicted molar refractivity (Wildman–Crippen MR) is 69.8 cm³/mol. The minimum atomic E-state index is 0.343. The molecule has 2 rings (SSSR count). The molecule has 3 nitrogen and oxygen atoms in total. The summed E-state index contributed by atoms with van der Waals surface area (Å²) in [6.07, 6.45) is 0. The summed E-state index contributed by atoms with van der Waals surface area (Å²) in [5, 5.41) is 9.45. The lowest BCUT2D eigenvalue weighted by Crippen LogP contribution is -1.91. The summed E-state index contributed by atoms with van der Waals surface area (Å²) in [4.78, 5) is 0. The third kappa shape index (κ3) is 2.74. The lowest BCUT2D eigenvalue weighted by molar-refractivity contribution is 0.976. The second kappa shape index (κ2) is 4.84. The van der Waals surface area contributed by atoms with Crippen LogP contribution >= 0.6 is 23.1 Å². The Balaban J connectivity index is 2.11. The molecule has 1 aromatic heterocycles. The van der Waals surface area contributed by atoms with Crippen molar-refractivity contribution in [2.75, 3.05) is 5.73 Å². The Morgan fingerprint density at radius 3 is 2.81 bits per heavy atom. The maximum absolute atomic E-state index is 5.76. The van der Waals surface area contributed by atoms with Gasteiger partial charge in [-0.1, -0.05) is 35.2 Å². The Kier molecular flexibility index (Phi) is 3.46. The van der Waals surface area contributed by atoms with E-state index < -0.39 is 0 Å². The van der Waals surface area contributed by atoms with Gasteiger partial charge in [0.15, 0.2) is 4.34 Å². The Hall–Kier alpha value is -1.07. The molecule has 1 atom stereocenters. The van der Waals surface area contributed by atoms with Gasteiger partial charge >= 0.3 is 0 Å². The molecule has 16 heavy (non-hydrogen) atoms. The standard InChI is InChI=1S/C11H13N3S2/c1-7(9-4-3-5-10(12)6-9)15-11-14-13-8(2)16-11/h3-7H,12H2,1-2H3. The van der Waals surface area contributed by atoms with Crippen molar-refractivity contribution in [1.82, 2.24) is 10.2 Å². The highest BCUT2D eigenvalue weighted by Gasteiger charge is 2.10. The molecule has 0 fully saturated rings. The molecule has 0 bridgehead atoms. The molecule has 84 valence electrons. The highest BCUT2D eigenvalue weighted by molar-refractivity contribution is 8.01. The molecule has 0 spiro atoms. The third-order valence-corrected chi connectivity index (χ3v) is 4.25. The molecule has 1 unspecified atom stereocenters. The fourth-order valence-electron chi connectivity index (χ4n) is 1.36. The van der Waals surface area contributed by atoms with Crippen LogP contribution < -0.4 is 5.73 Å². The zero-order chi connectivity index (χ0) is 11.5. The molecule has 1 aromatic carbocycles. The van der Waals surface area contributed by atoms with E-state index in [1.807, 2.05) is 25.1 Å². The van der Waals surface area contributed by atoms with Gasteiger partial charge in [-0.05, 0) is 31.5 Å². The Morgan fingerprint density at radius 2 is 2.19 bits per heavy atom. The van der Waals surface area contributed by atoms with Gasteiger partial charge in [0.1, 0.15) is 5.01 Å². The normalized spacial score (nSPS) is 12.6. The molecule has 1 heterocycles. The summed E-state index contributed by atoms with van der Waals surface area (Å²) >= 11 is 3.34. The second-order valence-corrected chi connectivity index (χ2v) is 6.29. The molecule has 2 N–H and O–H groups in total. The summed E-state index contributed by atoms with van der Waals surface area (Å²) in [6, 6.07) is 7.97. The monoisotopic (exact) mass is 251 g/mol. The molecule has 0 amide bonds. The SMILES string of the molecule is Cc1nnc(SC(C)c2cccc(N)c2)s1. The smallest absolute Gasteiger partial charge is 0.174 e. The van der Waals surface area contributed by atoms with Crippen LogP contribution in [-0.2, 0) is 0 Å². The topological polar surface area (TPSA) is 51.8 Å². The van der Waals surface area contributed by atoms with Crippen molar-refractivity contribution in [3.05, 3.63) is 34.8 Å². The average molecular weight is 251 g/mol. The van der Waals surface area contributed by atoms with Gasteiger partial charge in [-0.15, -0.1) is 10.2 Å². The quantitative estimate of drug-likeness (QED) is 0.672. The molecule has 0 aliphatic carbocycles. The van der Waals surface area contributed by atoms with Crippen LogP contribution in [0.25, 0.3) is 0 Å². The van der Waals surface area contributed by atoms with Crippen molar-refractivity contribution in [1.29, 1.82) is 0 Å². The van der Waals surface area contributed by atoms with Gasteiger partial charge < -0.3 is 5.73 Å². The first-order chi connectivity index (χ1) is 7.65. The predicted octanol–water partition coefficient (Wildman–Crippen LogP) is 3.28. The summed E-state index contributed by atoms with van der Waals surface area (Å²) < 4.78 is 1.01. The van der Waals surface area contributed by atoms with Gasteiger partial charge in [-0.25, -0.2) is 0 Å². The number of benzene rings is 1. The maximum Gasteiger partial charge on any atom is 0.174 e. The van der Waals surface area contributed by atoms with E-state index in [4.69, 9.17) is 5.73 Å². The number of aryl methyl sites for hydroxylation is 1. The van der Waals surface area contributed by atoms with Crippen LogP contribution in [0.15, 0.2) is 28.6 Å². The number of nitrogen functional groups attached to an aromatic ring is 1. The molecule has 0 aliphatic rings. The van der Waals surface area contributed by atoms with Crippen LogP contribution in [0, 0.1) is 6.92 Å². The first-order valence-corrected chi connectivity index (χ1v) is 6.67. The van der Waals surface area contributed by atoms with Crippen LogP contribution in [0.1, 0.15) is 22.7 Å². The van der Waals surface area contributed by atoms with E-state index in [0.29, 0.717) is 5.25 Å². The Bertz CT molecular complexity index is 482. The summed E-state index contributed by atoms with van der Waals surface area (Å²) in [5.41, 5.74) is 7.78. The molecular weight excluding hydrogens is 238 g/mol. The van der Waals surface area contributed by atoms with Crippen molar-refractivity contribution in [3.63, 3.8) is 0 Å². The van der Waals surface area contributed by atoms with E-state index in [1.165, 1.54) is 5.56 Å². The van der Waals surface area contributed by atoms with Gasteiger partial charge in [-0.2, -0.15) is 0 Å². The molecule has 2 aromatic rings. The minimum Gasteiger partial charge on any atom is -0.399 e. The zero-order valence-corrected chi connectivity index (χ0v) is 10.8. The molecule has 0 aliphatic heterocycles. The number of hydrogen-bond donors (Lipinski definition) is 1. The van der Waals surface area contributed by atoms with Crippen LogP contribution in [0.5, 0.6) is 0 Å². The fourth-order valence-corrected chi connectivity index (χ4v) is 3.43. The molecule has 0 radical (unpaired) electrons. The largest absolute Gasteiger partial charge is 0.399 e. The van der Waals surface area contributed by atoms with E-state index >= 15 is 0 Å². The molecule has 0 saturated heterocycles. The third-order valence-electron chi connectivity index (χ3n) is 2.17. The van der Waals surface area contributed by atoms with E-state index in [2.05, 4.69) is 23.2 Å². The number of rotatable bonds is 3. The zero-order valence-electron chi connectivity index (χ0n) is 9.18. The highest BCUT2D eigenvalue weighted by atomic mass is 32.2. The second-order valence-electron chi connectivity index (χ2n) is 3.52. The van der Waals surface area contributed by atoms with Gasteiger partial charge in [0.25, 0.3) is 0 Å². The van der Waals surface area contributed by atoms with Crippen LogP contribution in [0.3, 0.4) is 0 Å². The number of thioether (sulfide) groups is 1. The lowest BCUT2D eigenvalue weighted by Gasteiger charge is -2.09. The lowest BCUT2D eigenvalue weighted by atomic mass is 10.1. The first-order valence-electron chi connectivity index (χ1n) is 4.97. The summed E-state index contributed by atoms with van der Waals surface area (Å²) in [7, 11) is 0. The first kappa shape index (κ1) is 11.4. The molecular formula is C11H13N3S2. The number of aromatic nitrogens is 2. The highest BCUT2D eigenvalue weighted by Crippen LogP contribution is 2.36. The van der Waals surface area contributed by atoms with Crippen LogP contribution in [0.2, 0.25) is 0 Å². The van der Waals surface area contributed by atoms with E-state index in [9.17, 15) is 0 Å². The van der Waals surface area contributed by atoms with Crippen LogP contribution in [0.4, 0.5) is 5.69 Å². The molecule has 5 heteroatoms. The number of nitrogens with zero attached hydrogens (tertiary/aromatic N) is 2. The van der Waals surface area contributed by atoms with Crippen molar-refractivity contribution in [2.24, 2.45) is 0 Å². The Morgan fingerprint density at radius 1 is 1.38 bits per heavy atom.